The van der Waals surface area contributed by atoms with Crippen LogP contribution in [0.25, 0.3) is 0 Å². The number of rotatable bonds is 3. The zero-order valence-corrected chi connectivity index (χ0v) is 9.65. The maximum absolute atomic E-state index is 6.20. The van der Waals surface area contributed by atoms with Crippen molar-refractivity contribution in [2.75, 3.05) is 7.05 Å². The molecule has 80 valence electrons. The molecule has 0 spiro atoms. The van der Waals surface area contributed by atoms with Crippen LogP contribution >= 0.6 is 11.8 Å². The van der Waals surface area contributed by atoms with Gasteiger partial charge in [0.25, 0.3) is 0 Å². The van der Waals surface area contributed by atoms with Gasteiger partial charge in [-0.15, -0.1) is 11.8 Å². The highest BCUT2D eigenvalue weighted by molar-refractivity contribution is 8.02. The standard InChI is InChI=1S/C12H16N2S/c1-14-7-8-15-12(14)11(13)9-10-5-3-2-4-6-10/h2-8,11-12H,9,13H2,1H3. The smallest absolute Gasteiger partial charge is 0.0937 e. The monoisotopic (exact) mass is 220 g/mol. The van der Waals surface area contributed by atoms with Gasteiger partial charge < -0.3 is 10.6 Å². The summed E-state index contributed by atoms with van der Waals surface area (Å²) in [6.45, 7) is 0. The first kappa shape index (κ1) is 10.6. The third kappa shape index (κ3) is 2.55. The molecule has 3 heteroatoms. The molecule has 15 heavy (non-hydrogen) atoms. The summed E-state index contributed by atoms with van der Waals surface area (Å²) in [5.74, 6) is 0. The predicted molar refractivity (Wildman–Crippen MR) is 66.4 cm³/mol. The van der Waals surface area contributed by atoms with Crippen molar-refractivity contribution in [3.63, 3.8) is 0 Å². The van der Waals surface area contributed by atoms with E-state index >= 15 is 0 Å². The molecule has 1 aliphatic heterocycles. The van der Waals surface area contributed by atoms with Gasteiger partial charge in [-0.05, 0) is 17.4 Å². The molecule has 1 aromatic rings. The molecule has 2 unspecified atom stereocenters. The van der Waals surface area contributed by atoms with Gasteiger partial charge in [-0.25, -0.2) is 0 Å². The predicted octanol–water partition coefficient (Wildman–Crippen LogP) is 2.03. The molecule has 0 saturated carbocycles. The van der Waals surface area contributed by atoms with E-state index in [1.807, 2.05) is 6.07 Å². The normalized spacial score (nSPS) is 22.0. The summed E-state index contributed by atoms with van der Waals surface area (Å²) in [4.78, 5) is 2.18. The molecule has 2 rings (SSSR count). The average molecular weight is 220 g/mol. The second kappa shape index (κ2) is 4.73. The van der Waals surface area contributed by atoms with Crippen LogP contribution in [0.4, 0.5) is 0 Å². The highest BCUT2D eigenvalue weighted by Gasteiger charge is 2.23. The van der Waals surface area contributed by atoms with Crippen LogP contribution in [-0.4, -0.2) is 23.4 Å². The summed E-state index contributed by atoms with van der Waals surface area (Å²) in [6, 6.07) is 10.6. The van der Waals surface area contributed by atoms with Gasteiger partial charge in [0, 0.05) is 19.3 Å². The van der Waals surface area contributed by atoms with Crippen molar-refractivity contribution in [2.45, 2.75) is 17.8 Å². The van der Waals surface area contributed by atoms with Crippen LogP contribution in [0.15, 0.2) is 41.9 Å². The van der Waals surface area contributed by atoms with E-state index in [0.29, 0.717) is 5.37 Å². The molecular formula is C12H16N2S. The van der Waals surface area contributed by atoms with E-state index in [-0.39, 0.29) is 6.04 Å². The summed E-state index contributed by atoms with van der Waals surface area (Å²) in [5, 5.41) is 2.49. The van der Waals surface area contributed by atoms with Crippen molar-refractivity contribution in [2.24, 2.45) is 5.73 Å². The Bertz CT molecular complexity index is 337. The van der Waals surface area contributed by atoms with E-state index in [4.69, 9.17) is 5.73 Å². The molecule has 0 aliphatic carbocycles. The Morgan fingerprint density at radius 1 is 1.40 bits per heavy atom. The van der Waals surface area contributed by atoms with Gasteiger partial charge >= 0.3 is 0 Å². The molecule has 0 aromatic heterocycles. The van der Waals surface area contributed by atoms with Crippen molar-refractivity contribution in [1.29, 1.82) is 0 Å². The molecule has 0 radical (unpaired) electrons. The Hall–Kier alpha value is -0.930. The first-order valence-corrected chi connectivity index (χ1v) is 6.05. The van der Waals surface area contributed by atoms with Crippen LogP contribution in [-0.2, 0) is 6.42 Å². The number of hydrogen-bond acceptors (Lipinski definition) is 3. The molecule has 2 N–H and O–H groups in total. The molecule has 2 atom stereocenters. The summed E-state index contributed by atoms with van der Waals surface area (Å²) in [5.41, 5.74) is 7.51. The Morgan fingerprint density at radius 3 is 2.73 bits per heavy atom. The van der Waals surface area contributed by atoms with Crippen molar-refractivity contribution in [3.8, 4) is 0 Å². The number of likely N-dealkylation sites (N-methyl/N-ethyl adjacent to an activating group) is 1. The Morgan fingerprint density at radius 2 is 2.13 bits per heavy atom. The molecule has 0 bridgehead atoms. The average Bonchev–Trinajstić information content (AvgIpc) is 2.66. The van der Waals surface area contributed by atoms with Crippen LogP contribution in [0.2, 0.25) is 0 Å². The minimum absolute atomic E-state index is 0.178. The lowest BCUT2D eigenvalue weighted by atomic mass is 10.1. The number of nitrogens with two attached hydrogens (primary N) is 1. The maximum atomic E-state index is 6.20. The third-order valence-electron chi connectivity index (χ3n) is 2.60. The van der Waals surface area contributed by atoms with E-state index in [9.17, 15) is 0 Å². The molecule has 1 aliphatic rings. The lowest BCUT2D eigenvalue weighted by Crippen LogP contribution is -2.41. The topological polar surface area (TPSA) is 29.3 Å². The van der Waals surface area contributed by atoms with E-state index in [2.05, 4.69) is 47.8 Å². The highest BCUT2D eigenvalue weighted by Crippen LogP contribution is 2.26. The van der Waals surface area contributed by atoms with Crippen LogP contribution in [0, 0.1) is 0 Å². The van der Waals surface area contributed by atoms with Crippen LogP contribution in [0.1, 0.15) is 5.56 Å². The van der Waals surface area contributed by atoms with Crippen molar-refractivity contribution < 1.29 is 0 Å². The molecule has 0 fully saturated rings. The van der Waals surface area contributed by atoms with Gasteiger partial charge in [-0.2, -0.15) is 0 Å². The molecular weight excluding hydrogens is 204 g/mol. The zero-order chi connectivity index (χ0) is 10.7. The molecule has 2 nitrogen and oxygen atoms in total. The number of nitrogens with zero attached hydrogens (tertiary/aromatic N) is 1. The Balaban J connectivity index is 1.95. The lowest BCUT2D eigenvalue weighted by molar-refractivity contribution is 0.382. The minimum Gasteiger partial charge on any atom is -0.366 e. The summed E-state index contributed by atoms with van der Waals surface area (Å²) < 4.78 is 0. The van der Waals surface area contributed by atoms with Crippen LogP contribution in [0.3, 0.4) is 0 Å². The SMILES string of the molecule is CN1C=CSC1C(N)Cc1ccccc1. The third-order valence-corrected chi connectivity index (χ3v) is 3.84. The number of benzene rings is 1. The van der Waals surface area contributed by atoms with Crippen LogP contribution in [0.5, 0.6) is 0 Å². The number of hydrogen-bond donors (Lipinski definition) is 1. The fourth-order valence-corrected chi connectivity index (χ4v) is 2.77. The van der Waals surface area contributed by atoms with Crippen molar-refractivity contribution in [1.82, 2.24) is 4.90 Å². The van der Waals surface area contributed by atoms with E-state index < -0.39 is 0 Å². The zero-order valence-electron chi connectivity index (χ0n) is 8.84. The quantitative estimate of drug-likeness (QED) is 0.845. The van der Waals surface area contributed by atoms with Gasteiger partial charge in [0.05, 0.1) is 5.37 Å². The summed E-state index contributed by atoms with van der Waals surface area (Å²) >= 11 is 1.80. The van der Waals surface area contributed by atoms with Crippen molar-refractivity contribution in [3.05, 3.63) is 47.5 Å². The first-order chi connectivity index (χ1) is 7.27. The summed E-state index contributed by atoms with van der Waals surface area (Å²) in [6.07, 6.45) is 3.02. The summed E-state index contributed by atoms with van der Waals surface area (Å²) in [7, 11) is 2.08. The largest absolute Gasteiger partial charge is 0.366 e. The van der Waals surface area contributed by atoms with E-state index in [1.54, 1.807) is 11.8 Å². The molecule has 0 saturated heterocycles. The highest BCUT2D eigenvalue weighted by atomic mass is 32.2. The first-order valence-electron chi connectivity index (χ1n) is 5.11. The minimum atomic E-state index is 0.178. The Labute approximate surface area is 95.1 Å². The second-order valence-corrected chi connectivity index (χ2v) is 4.86. The number of thioether (sulfide) groups is 1. The van der Waals surface area contributed by atoms with E-state index in [1.165, 1.54) is 5.56 Å². The van der Waals surface area contributed by atoms with Gasteiger partial charge in [0.2, 0.25) is 0 Å². The fraction of sp³-hybridized carbons (Fsp3) is 0.333. The van der Waals surface area contributed by atoms with Gasteiger partial charge in [-0.3, -0.25) is 0 Å². The van der Waals surface area contributed by atoms with Gasteiger partial charge in [-0.1, -0.05) is 30.3 Å². The fourth-order valence-electron chi connectivity index (χ4n) is 1.78. The van der Waals surface area contributed by atoms with Crippen LogP contribution < -0.4 is 5.73 Å². The second-order valence-electron chi connectivity index (χ2n) is 3.83. The Kier molecular flexibility index (Phi) is 3.34. The lowest BCUT2D eigenvalue weighted by Gasteiger charge is -2.26. The molecule has 1 aromatic carbocycles. The van der Waals surface area contributed by atoms with Gasteiger partial charge in [0.15, 0.2) is 0 Å². The molecule has 0 amide bonds. The van der Waals surface area contributed by atoms with Crippen molar-refractivity contribution >= 4 is 11.8 Å². The van der Waals surface area contributed by atoms with E-state index in [0.717, 1.165) is 6.42 Å². The molecule has 1 heterocycles. The van der Waals surface area contributed by atoms with Gasteiger partial charge in [0.1, 0.15) is 0 Å². The maximum Gasteiger partial charge on any atom is 0.0937 e.